The fourth-order valence-corrected chi connectivity index (χ4v) is 9.78. The van der Waals surface area contributed by atoms with Crippen LogP contribution in [0.2, 0.25) is 0 Å². The molecule has 0 N–H and O–H groups in total. The van der Waals surface area contributed by atoms with Crippen molar-refractivity contribution in [1.29, 1.82) is 0 Å². The monoisotopic (exact) mass is 1350 g/mol. The van der Waals surface area contributed by atoms with Crippen LogP contribution in [-0.4, -0.2) is 236 Å². The van der Waals surface area contributed by atoms with E-state index in [0.29, 0.717) is 157 Å². The van der Waals surface area contributed by atoms with E-state index in [0.717, 1.165) is 119 Å². The van der Waals surface area contributed by atoms with Gasteiger partial charge in [0.1, 0.15) is 35.2 Å². The molecular formula is C70H94B4N12O13. The summed E-state index contributed by atoms with van der Waals surface area (Å²) in [6, 6.07) is 31.3. The number of aromatic nitrogens is 12. The Kier molecular flexibility index (Phi) is 37.1. The van der Waals surface area contributed by atoms with Gasteiger partial charge < -0.3 is 61.6 Å². The maximum atomic E-state index is 6.31. The number of rotatable bonds is 58. The van der Waals surface area contributed by atoms with Gasteiger partial charge in [0.25, 0.3) is 0 Å². The molecule has 524 valence electrons. The zero-order valence-electron chi connectivity index (χ0n) is 57.1. The van der Waals surface area contributed by atoms with E-state index in [4.69, 9.17) is 93.0 Å². The molecule has 0 amide bonds. The summed E-state index contributed by atoms with van der Waals surface area (Å²) in [4.78, 5) is 0. The molecule has 0 aliphatic heterocycles. The van der Waals surface area contributed by atoms with Gasteiger partial charge in [-0.15, -0.1) is 20.4 Å². The van der Waals surface area contributed by atoms with Crippen LogP contribution in [-0.2, 0) is 120 Å². The largest absolute Gasteiger partial charge is 0.494 e. The normalized spacial score (nSPS) is 12.1. The summed E-state index contributed by atoms with van der Waals surface area (Å²) >= 11 is 0. The number of hydrogen-bond acceptors (Lipinski definition) is 21. The Balaban J connectivity index is 0.749. The molecular weight excluding hydrogens is 1260 g/mol. The maximum absolute atomic E-state index is 6.31. The molecule has 8 radical (unpaired) electrons. The van der Waals surface area contributed by atoms with Crippen LogP contribution in [0.3, 0.4) is 0 Å². The van der Waals surface area contributed by atoms with Crippen molar-refractivity contribution in [3.05, 3.63) is 167 Å². The molecule has 4 aromatic carbocycles. The van der Waals surface area contributed by atoms with Crippen molar-refractivity contribution in [3.63, 3.8) is 0 Å². The van der Waals surface area contributed by atoms with E-state index >= 15 is 0 Å². The molecule has 2 atom stereocenters. The Labute approximate surface area is 587 Å². The van der Waals surface area contributed by atoms with Crippen molar-refractivity contribution in [3.8, 4) is 23.0 Å². The van der Waals surface area contributed by atoms with Crippen molar-refractivity contribution < 1.29 is 61.6 Å². The summed E-state index contributed by atoms with van der Waals surface area (Å²) in [5, 5.41) is 34.4. The molecule has 0 saturated heterocycles. The SMILES string of the molecule is [B]Cc1ccc(OCCCc2cn(CCOCCOCC(COCC(COCCOCCn3cc(CCCOc4ccc(C[B])cc4)nn3)OCCOCCn3cc(CCCOc4ccc(C[B])cc4)nn3)OCCOCCn3cc(CCCOc4ccc(C[B])cc4)nn3)nn2)cc1. The molecule has 4 aromatic heterocycles. The predicted molar refractivity (Wildman–Crippen MR) is 374 cm³/mol. The zero-order chi connectivity index (χ0) is 68.8. The average molecular weight is 1350 g/mol. The molecule has 2 unspecified atom stereocenters. The van der Waals surface area contributed by atoms with Gasteiger partial charge in [-0.05, 0) is 99.9 Å². The van der Waals surface area contributed by atoms with Crippen LogP contribution in [0.15, 0.2) is 122 Å². The van der Waals surface area contributed by atoms with Crippen molar-refractivity contribution in [1.82, 2.24) is 60.0 Å². The first kappa shape index (κ1) is 77.3. The minimum Gasteiger partial charge on any atom is -0.494 e. The van der Waals surface area contributed by atoms with Gasteiger partial charge in [-0.1, -0.05) is 117 Å². The van der Waals surface area contributed by atoms with Crippen LogP contribution in [0.25, 0.3) is 0 Å². The summed E-state index contributed by atoms with van der Waals surface area (Å²) in [5.41, 5.74) is 7.82. The summed E-state index contributed by atoms with van der Waals surface area (Å²) < 4.78 is 85.6. The molecule has 8 rings (SSSR count). The first-order valence-corrected chi connectivity index (χ1v) is 34.4. The third-order valence-electron chi connectivity index (χ3n) is 15.3. The molecule has 8 aromatic rings. The van der Waals surface area contributed by atoms with Crippen LogP contribution < -0.4 is 18.9 Å². The van der Waals surface area contributed by atoms with Gasteiger partial charge >= 0.3 is 0 Å². The van der Waals surface area contributed by atoms with Gasteiger partial charge in [0.2, 0.25) is 0 Å². The summed E-state index contributed by atoms with van der Waals surface area (Å²) in [5.74, 6) is 3.27. The molecule has 0 saturated carbocycles. The van der Waals surface area contributed by atoms with Crippen molar-refractivity contribution in [2.24, 2.45) is 0 Å². The maximum Gasteiger partial charge on any atom is 0.119 e. The third-order valence-corrected chi connectivity index (χ3v) is 15.3. The molecule has 99 heavy (non-hydrogen) atoms. The Morgan fingerprint density at radius 2 is 0.515 bits per heavy atom. The Bertz CT molecular complexity index is 3120. The number of aryl methyl sites for hydroxylation is 4. The minimum atomic E-state index is -0.430. The van der Waals surface area contributed by atoms with E-state index in [1.54, 1.807) is 18.7 Å². The number of hydrogen-bond donors (Lipinski definition) is 0. The second-order valence-electron chi connectivity index (χ2n) is 23.2. The minimum absolute atomic E-state index is 0.216. The van der Waals surface area contributed by atoms with Crippen LogP contribution in [0, 0.1) is 0 Å². The fraction of sp³-hybridized carbons (Fsp3) is 0.543. The highest BCUT2D eigenvalue weighted by atomic mass is 16.6. The molecule has 0 bridgehead atoms. The quantitative estimate of drug-likeness (QED) is 0.0325. The van der Waals surface area contributed by atoms with Crippen molar-refractivity contribution >= 4 is 31.4 Å². The predicted octanol–water partition coefficient (Wildman–Crippen LogP) is 5.76. The van der Waals surface area contributed by atoms with E-state index in [1.165, 1.54) is 0 Å². The van der Waals surface area contributed by atoms with Crippen molar-refractivity contribution in [2.75, 3.05) is 132 Å². The average Bonchev–Trinajstić information content (AvgIpc) is 2.17. The lowest BCUT2D eigenvalue weighted by molar-refractivity contribution is -0.109. The van der Waals surface area contributed by atoms with Crippen LogP contribution in [0.4, 0.5) is 0 Å². The lowest BCUT2D eigenvalue weighted by atomic mass is 9.97. The van der Waals surface area contributed by atoms with Crippen molar-refractivity contribution in [2.45, 2.75) is 115 Å². The summed E-state index contributed by atoms with van der Waals surface area (Å²) in [6.07, 6.45) is 15.1. The topological polar surface area (TPSA) is 243 Å². The lowest BCUT2D eigenvalue weighted by Crippen LogP contribution is -2.32. The Morgan fingerprint density at radius 3 is 0.778 bits per heavy atom. The van der Waals surface area contributed by atoms with E-state index in [9.17, 15) is 0 Å². The molecule has 29 heteroatoms. The zero-order valence-corrected chi connectivity index (χ0v) is 57.1. The van der Waals surface area contributed by atoms with Gasteiger partial charge in [-0.3, -0.25) is 0 Å². The van der Waals surface area contributed by atoms with Gasteiger partial charge in [0.05, 0.1) is 212 Å². The number of benzene rings is 4. The van der Waals surface area contributed by atoms with E-state index < -0.39 is 12.2 Å². The Hall–Kier alpha value is -7.46. The molecule has 0 spiro atoms. The number of nitrogens with zero attached hydrogens (tertiary/aromatic N) is 12. The molecule has 0 fully saturated rings. The first-order valence-electron chi connectivity index (χ1n) is 34.4. The van der Waals surface area contributed by atoms with Crippen LogP contribution >= 0.6 is 0 Å². The first-order chi connectivity index (χ1) is 48.9. The highest BCUT2D eigenvalue weighted by Gasteiger charge is 2.16. The standard InChI is InChI=1S/C70H94B4N12O13/c71-45-57-9-17-65(18-10-57)94-29-1-5-61-49-83(79-75-61)25-33-87-37-39-91-53-69(98-43-41-89-35-27-85-51-63(77-81-85)7-3-31-96-67-21-13-59(47-73)14-22-67)55-93-56-70(99-44-42-90-36-28-86-52-64(78-82-86)8-4-32-97-68-23-15-60(48-74)16-24-68)54-92-40-38-88-34-26-84-50-62(76-80-84)6-2-30-95-66-19-11-58(46-72)12-20-66/h9-24,49-52,69-70H,1-8,25-48,53-56H2. The molecule has 25 nitrogen and oxygen atoms in total. The van der Waals surface area contributed by atoms with Crippen LogP contribution in [0.5, 0.6) is 23.0 Å². The highest BCUT2D eigenvalue weighted by molar-refractivity contribution is 6.09. The summed E-state index contributed by atoms with van der Waals surface area (Å²) in [7, 11) is 22.9. The van der Waals surface area contributed by atoms with Gasteiger partial charge in [0, 0.05) is 24.8 Å². The van der Waals surface area contributed by atoms with E-state index in [1.807, 2.05) is 122 Å². The fourth-order valence-electron chi connectivity index (χ4n) is 9.78. The second kappa shape index (κ2) is 47.6. The second-order valence-corrected chi connectivity index (χ2v) is 23.2. The van der Waals surface area contributed by atoms with Gasteiger partial charge in [-0.2, -0.15) is 0 Å². The van der Waals surface area contributed by atoms with E-state index in [-0.39, 0.29) is 26.4 Å². The van der Waals surface area contributed by atoms with Gasteiger partial charge in [0.15, 0.2) is 0 Å². The smallest absolute Gasteiger partial charge is 0.119 e. The lowest BCUT2D eigenvalue weighted by Gasteiger charge is -2.22. The van der Waals surface area contributed by atoms with Gasteiger partial charge in [-0.25, -0.2) is 18.7 Å². The highest BCUT2D eigenvalue weighted by Crippen LogP contribution is 2.17. The molecule has 4 heterocycles. The molecule has 0 aliphatic rings. The number of ether oxygens (including phenoxy) is 13. The Morgan fingerprint density at radius 1 is 0.273 bits per heavy atom. The van der Waals surface area contributed by atoms with E-state index in [2.05, 4.69) is 41.2 Å². The summed E-state index contributed by atoms with van der Waals surface area (Å²) in [6.45, 7) is 9.82. The van der Waals surface area contributed by atoms with Crippen LogP contribution in [0.1, 0.15) is 70.7 Å². The molecule has 0 aliphatic carbocycles. The third kappa shape index (κ3) is 32.2.